The maximum atomic E-state index is 12.3. The number of carbonyl (C=O) groups excluding carboxylic acids is 1. The van der Waals surface area contributed by atoms with Gasteiger partial charge in [-0.1, -0.05) is 36.8 Å². The molecule has 122 valence electrons. The van der Waals surface area contributed by atoms with E-state index < -0.39 is 0 Å². The van der Waals surface area contributed by atoms with E-state index in [2.05, 4.69) is 43.4 Å². The van der Waals surface area contributed by atoms with Gasteiger partial charge in [-0.05, 0) is 18.4 Å². The number of hydrogen-bond acceptors (Lipinski definition) is 3. The third kappa shape index (κ3) is 4.71. The van der Waals surface area contributed by atoms with E-state index >= 15 is 0 Å². The maximum Gasteiger partial charge on any atom is 0.317 e. The third-order valence-electron chi connectivity index (χ3n) is 3.98. The molecule has 2 amide bonds. The van der Waals surface area contributed by atoms with Crippen LogP contribution in [0.25, 0.3) is 0 Å². The summed E-state index contributed by atoms with van der Waals surface area (Å²) < 4.78 is 10.6. The van der Waals surface area contributed by atoms with Gasteiger partial charge in [-0.2, -0.15) is 0 Å². The molecule has 0 spiro atoms. The van der Waals surface area contributed by atoms with Crippen LogP contribution in [0.5, 0.6) is 0 Å². The van der Waals surface area contributed by atoms with Crippen LogP contribution in [0.4, 0.5) is 4.79 Å². The monoisotopic (exact) mass is 306 g/mol. The second kappa shape index (κ2) is 8.15. The van der Waals surface area contributed by atoms with Crippen LogP contribution in [-0.4, -0.2) is 57.0 Å². The molecular weight excluding hydrogens is 280 g/mol. The molecule has 0 radical (unpaired) electrons. The van der Waals surface area contributed by atoms with Gasteiger partial charge in [0.1, 0.15) is 0 Å². The SMILES string of the molecule is COC[C@H]1CN(C(=O)NC[C@@H](C)c2ccc(C)cc2)CCO1. The first-order chi connectivity index (χ1) is 10.6. The van der Waals surface area contributed by atoms with E-state index in [1.807, 2.05) is 0 Å². The summed E-state index contributed by atoms with van der Waals surface area (Å²) in [5.41, 5.74) is 2.49. The summed E-state index contributed by atoms with van der Waals surface area (Å²) in [6.07, 6.45) is -0.0287. The Morgan fingerprint density at radius 3 is 2.86 bits per heavy atom. The van der Waals surface area contributed by atoms with Crippen molar-refractivity contribution in [2.75, 3.05) is 40.0 Å². The van der Waals surface area contributed by atoms with Crippen LogP contribution in [0.15, 0.2) is 24.3 Å². The van der Waals surface area contributed by atoms with E-state index in [9.17, 15) is 4.79 Å². The lowest BCUT2D eigenvalue weighted by atomic mass is 10.0. The normalized spacial score (nSPS) is 19.8. The number of aryl methyl sites for hydroxylation is 1. The predicted octanol–water partition coefficient (Wildman–Crippen LogP) is 2.16. The fraction of sp³-hybridized carbons (Fsp3) is 0.588. The Bertz CT molecular complexity index is 473. The number of amides is 2. The quantitative estimate of drug-likeness (QED) is 0.907. The highest BCUT2D eigenvalue weighted by Crippen LogP contribution is 2.15. The van der Waals surface area contributed by atoms with Gasteiger partial charge in [0.15, 0.2) is 0 Å². The lowest BCUT2D eigenvalue weighted by molar-refractivity contribution is -0.0494. The molecule has 1 aromatic rings. The fourth-order valence-corrected chi connectivity index (χ4v) is 2.56. The molecule has 0 bridgehead atoms. The van der Waals surface area contributed by atoms with Gasteiger partial charge in [0.2, 0.25) is 0 Å². The minimum absolute atomic E-state index is 0.0247. The first-order valence-electron chi connectivity index (χ1n) is 7.80. The van der Waals surface area contributed by atoms with E-state index in [-0.39, 0.29) is 12.1 Å². The molecule has 0 saturated carbocycles. The number of benzene rings is 1. The van der Waals surface area contributed by atoms with Crippen LogP contribution in [-0.2, 0) is 9.47 Å². The standard InChI is InChI=1S/C17H26N2O3/c1-13-4-6-15(7-5-13)14(2)10-18-17(20)19-8-9-22-16(11-19)12-21-3/h4-7,14,16H,8-12H2,1-3H3,(H,18,20)/t14-,16-/m1/s1. The topological polar surface area (TPSA) is 50.8 Å². The Balaban J connectivity index is 1.80. The lowest BCUT2D eigenvalue weighted by Crippen LogP contribution is -2.51. The number of carbonyl (C=O) groups is 1. The number of ether oxygens (including phenoxy) is 2. The summed E-state index contributed by atoms with van der Waals surface area (Å²) in [6, 6.07) is 8.42. The van der Waals surface area contributed by atoms with Crippen LogP contribution in [0.2, 0.25) is 0 Å². The third-order valence-corrected chi connectivity index (χ3v) is 3.98. The highest BCUT2D eigenvalue weighted by atomic mass is 16.5. The zero-order chi connectivity index (χ0) is 15.9. The van der Waals surface area contributed by atoms with E-state index in [0.717, 1.165) is 0 Å². The molecule has 1 aliphatic rings. The molecule has 1 N–H and O–H groups in total. The molecule has 1 heterocycles. The Morgan fingerprint density at radius 2 is 2.18 bits per heavy atom. The smallest absolute Gasteiger partial charge is 0.317 e. The van der Waals surface area contributed by atoms with Gasteiger partial charge in [-0.3, -0.25) is 0 Å². The van der Waals surface area contributed by atoms with Crippen molar-refractivity contribution in [3.05, 3.63) is 35.4 Å². The minimum Gasteiger partial charge on any atom is -0.382 e. The summed E-state index contributed by atoms with van der Waals surface area (Å²) in [4.78, 5) is 14.1. The highest BCUT2D eigenvalue weighted by molar-refractivity contribution is 5.74. The molecule has 0 aliphatic carbocycles. The number of methoxy groups -OCH3 is 1. The molecule has 1 saturated heterocycles. The Hall–Kier alpha value is -1.59. The van der Waals surface area contributed by atoms with Gasteiger partial charge in [-0.25, -0.2) is 4.79 Å². The zero-order valence-corrected chi connectivity index (χ0v) is 13.7. The van der Waals surface area contributed by atoms with Gasteiger partial charge in [-0.15, -0.1) is 0 Å². The van der Waals surface area contributed by atoms with Crippen molar-refractivity contribution >= 4 is 6.03 Å². The Kier molecular flexibility index (Phi) is 6.21. The Morgan fingerprint density at radius 1 is 1.45 bits per heavy atom. The number of urea groups is 1. The van der Waals surface area contributed by atoms with E-state index in [0.29, 0.717) is 38.8 Å². The molecule has 5 heteroatoms. The van der Waals surface area contributed by atoms with Gasteiger partial charge < -0.3 is 19.7 Å². The summed E-state index contributed by atoms with van der Waals surface area (Å²) in [6.45, 7) is 7.12. The number of hydrogen-bond donors (Lipinski definition) is 1. The molecule has 0 aromatic heterocycles. The van der Waals surface area contributed by atoms with Crippen LogP contribution in [0, 0.1) is 6.92 Å². The van der Waals surface area contributed by atoms with Crippen LogP contribution in [0.3, 0.4) is 0 Å². The molecule has 0 unspecified atom stereocenters. The molecule has 2 rings (SSSR count). The van der Waals surface area contributed by atoms with E-state index in [1.54, 1.807) is 12.0 Å². The average molecular weight is 306 g/mol. The van der Waals surface area contributed by atoms with Gasteiger partial charge >= 0.3 is 6.03 Å². The minimum atomic E-state index is -0.0287. The van der Waals surface area contributed by atoms with Crippen LogP contribution >= 0.6 is 0 Å². The first-order valence-corrected chi connectivity index (χ1v) is 7.80. The van der Waals surface area contributed by atoms with Crippen LogP contribution < -0.4 is 5.32 Å². The highest BCUT2D eigenvalue weighted by Gasteiger charge is 2.24. The molecule has 1 fully saturated rings. The number of nitrogens with one attached hydrogen (secondary N) is 1. The van der Waals surface area contributed by atoms with E-state index in [1.165, 1.54) is 11.1 Å². The fourth-order valence-electron chi connectivity index (χ4n) is 2.56. The summed E-state index contributed by atoms with van der Waals surface area (Å²) in [5.74, 6) is 0.292. The summed E-state index contributed by atoms with van der Waals surface area (Å²) in [5, 5.41) is 3.02. The van der Waals surface area contributed by atoms with Crippen molar-refractivity contribution in [2.45, 2.75) is 25.9 Å². The van der Waals surface area contributed by atoms with Gasteiger partial charge in [0, 0.05) is 20.2 Å². The number of nitrogens with zero attached hydrogens (tertiary/aromatic N) is 1. The van der Waals surface area contributed by atoms with Gasteiger partial charge in [0.25, 0.3) is 0 Å². The predicted molar refractivity (Wildman–Crippen MR) is 86.2 cm³/mol. The number of morpholine rings is 1. The lowest BCUT2D eigenvalue weighted by Gasteiger charge is -2.32. The van der Waals surface area contributed by atoms with Gasteiger partial charge in [0.05, 0.1) is 25.9 Å². The first kappa shape index (κ1) is 16.8. The number of rotatable bonds is 5. The van der Waals surface area contributed by atoms with Crippen molar-refractivity contribution in [3.8, 4) is 0 Å². The molecule has 2 atom stereocenters. The van der Waals surface area contributed by atoms with Crippen molar-refractivity contribution in [2.24, 2.45) is 0 Å². The zero-order valence-electron chi connectivity index (χ0n) is 13.7. The second-order valence-electron chi connectivity index (χ2n) is 5.89. The van der Waals surface area contributed by atoms with Crippen LogP contribution in [0.1, 0.15) is 24.0 Å². The average Bonchev–Trinajstić information content (AvgIpc) is 2.53. The Labute approximate surface area is 132 Å². The molecule has 5 nitrogen and oxygen atoms in total. The van der Waals surface area contributed by atoms with E-state index in [4.69, 9.17) is 9.47 Å². The molecular formula is C17H26N2O3. The maximum absolute atomic E-state index is 12.3. The molecule has 1 aromatic carbocycles. The molecule has 1 aliphatic heterocycles. The van der Waals surface area contributed by atoms with Crippen molar-refractivity contribution in [1.82, 2.24) is 10.2 Å². The van der Waals surface area contributed by atoms with Crippen molar-refractivity contribution in [1.29, 1.82) is 0 Å². The second-order valence-corrected chi connectivity index (χ2v) is 5.89. The summed E-state index contributed by atoms with van der Waals surface area (Å²) >= 11 is 0. The molecule has 22 heavy (non-hydrogen) atoms. The largest absolute Gasteiger partial charge is 0.382 e. The summed E-state index contributed by atoms with van der Waals surface area (Å²) in [7, 11) is 1.64. The van der Waals surface area contributed by atoms with Crippen molar-refractivity contribution in [3.63, 3.8) is 0 Å². The van der Waals surface area contributed by atoms with Crippen molar-refractivity contribution < 1.29 is 14.3 Å².